The van der Waals surface area contributed by atoms with Gasteiger partial charge in [0.2, 0.25) is 23.3 Å². The third-order valence-corrected chi connectivity index (χ3v) is 14.3. The minimum absolute atomic E-state index is 0.140. The van der Waals surface area contributed by atoms with Gasteiger partial charge in [0.15, 0.2) is 93.1 Å². The number of halogens is 20. The molecule has 0 aromatic heterocycles. The van der Waals surface area contributed by atoms with E-state index in [-0.39, 0.29) is 120 Å². The first-order valence-electron chi connectivity index (χ1n) is 27.0. The third-order valence-electron chi connectivity index (χ3n) is 14.3. The maximum absolute atomic E-state index is 16.2. The van der Waals surface area contributed by atoms with Crippen molar-refractivity contribution in [1.82, 2.24) is 0 Å². The van der Waals surface area contributed by atoms with Gasteiger partial charge in [-0.1, -0.05) is 27.7 Å². The predicted octanol–water partition coefficient (Wildman–Crippen LogP) is 19.0. The quantitative estimate of drug-likeness (QED) is 0.0549. The Labute approximate surface area is 487 Å². The van der Waals surface area contributed by atoms with Gasteiger partial charge in [-0.05, 0) is 141 Å². The first kappa shape index (κ1) is 64.0. The minimum atomic E-state index is -2.58. The highest BCUT2D eigenvalue weighted by Gasteiger charge is 2.35. The molecule has 8 aromatic rings. The van der Waals surface area contributed by atoms with Crippen molar-refractivity contribution in [2.75, 3.05) is 26.4 Å². The summed E-state index contributed by atoms with van der Waals surface area (Å²) >= 11 is 0. The van der Waals surface area contributed by atoms with Gasteiger partial charge in [0, 0.05) is 25.7 Å². The lowest BCUT2D eigenvalue weighted by Crippen LogP contribution is -2.12. The standard InChI is InChI=1S/C64H44F20O4/c1-5-9-85-61-29-13-25(37-41(65)49(73)57(81)50(74)42(37)66)14-30(61)22-32-16-27(39-45(69)53(77)59(83)54(78)46(39)70)18-34(63(32)87-11-7-3)24-36-20-28(40-47(71)55(79)60(84)56(80)48(40)72)19-35(64(36)88-12-8-4)23-33-17-26(15-31(21-29)62(33)86-10-6-2)38-43(67)51(75)58(82)52(76)44(38)68/h13-20H,5-12,21-24H2,1-4H3. The van der Waals surface area contributed by atoms with Crippen LogP contribution in [-0.4, -0.2) is 26.4 Å². The molecule has 1 aliphatic rings. The lowest BCUT2D eigenvalue weighted by atomic mass is 9.86. The Hall–Kier alpha value is -8.44. The highest BCUT2D eigenvalue weighted by molar-refractivity contribution is 5.76. The van der Waals surface area contributed by atoms with Crippen LogP contribution < -0.4 is 18.9 Å². The van der Waals surface area contributed by atoms with Crippen LogP contribution in [0.25, 0.3) is 44.5 Å². The van der Waals surface area contributed by atoms with Crippen LogP contribution in [0.2, 0.25) is 0 Å². The molecule has 1 aliphatic carbocycles. The molecule has 0 N–H and O–H groups in total. The van der Waals surface area contributed by atoms with Gasteiger partial charge in [0.05, 0.1) is 48.7 Å². The van der Waals surface area contributed by atoms with E-state index in [4.69, 9.17) is 18.9 Å². The van der Waals surface area contributed by atoms with Crippen molar-refractivity contribution in [2.45, 2.75) is 79.1 Å². The normalized spacial score (nSPS) is 12.3. The van der Waals surface area contributed by atoms with Crippen LogP contribution in [-0.2, 0) is 25.7 Å². The van der Waals surface area contributed by atoms with E-state index in [1.807, 2.05) is 0 Å². The van der Waals surface area contributed by atoms with E-state index in [1.165, 1.54) is 0 Å². The van der Waals surface area contributed by atoms with Crippen LogP contribution in [0, 0.1) is 116 Å². The van der Waals surface area contributed by atoms with Gasteiger partial charge in [0.1, 0.15) is 23.0 Å². The molecule has 88 heavy (non-hydrogen) atoms. The van der Waals surface area contributed by atoms with Gasteiger partial charge in [-0.2, -0.15) is 0 Å². The van der Waals surface area contributed by atoms with Crippen molar-refractivity contribution >= 4 is 0 Å². The van der Waals surface area contributed by atoms with Crippen LogP contribution in [0.1, 0.15) is 97.9 Å². The molecule has 0 saturated heterocycles. The summed E-state index contributed by atoms with van der Waals surface area (Å²) in [6.07, 6.45) is -2.85. The number of hydrogen-bond acceptors (Lipinski definition) is 4. The van der Waals surface area contributed by atoms with Crippen LogP contribution in [0.15, 0.2) is 48.5 Å². The van der Waals surface area contributed by atoms with Crippen molar-refractivity contribution in [3.8, 4) is 67.5 Å². The zero-order chi connectivity index (χ0) is 64.1. The molecule has 9 rings (SSSR count). The summed E-state index contributed by atoms with van der Waals surface area (Å²) in [6.45, 7) is 5.24. The average molecular weight is 1260 g/mol. The van der Waals surface area contributed by atoms with E-state index < -0.39 is 187 Å². The lowest BCUT2D eigenvalue weighted by Gasteiger charge is -2.25. The summed E-state index contributed by atoms with van der Waals surface area (Å²) < 4.78 is 336. The molecule has 464 valence electrons. The second-order valence-electron chi connectivity index (χ2n) is 20.4. The smallest absolute Gasteiger partial charge is 0.200 e. The molecule has 0 radical (unpaired) electrons. The second kappa shape index (κ2) is 25.7. The van der Waals surface area contributed by atoms with Gasteiger partial charge in [-0.15, -0.1) is 0 Å². The molecule has 0 amide bonds. The fraction of sp³-hybridized carbons (Fsp3) is 0.250. The van der Waals surface area contributed by atoms with E-state index in [2.05, 4.69) is 0 Å². The minimum Gasteiger partial charge on any atom is -0.493 e. The Morgan fingerprint density at radius 1 is 0.216 bits per heavy atom. The second-order valence-corrected chi connectivity index (χ2v) is 20.4. The number of ether oxygens (including phenoxy) is 4. The molecular formula is C64H44F20O4. The van der Waals surface area contributed by atoms with Gasteiger partial charge < -0.3 is 18.9 Å². The molecule has 8 bridgehead atoms. The number of fused-ring (bicyclic) bond motifs is 8. The van der Waals surface area contributed by atoms with Gasteiger partial charge in [-0.3, -0.25) is 0 Å². The lowest BCUT2D eigenvalue weighted by molar-refractivity contribution is 0.304. The van der Waals surface area contributed by atoms with E-state index in [0.717, 1.165) is 48.5 Å². The van der Waals surface area contributed by atoms with Crippen LogP contribution >= 0.6 is 0 Å². The average Bonchev–Trinajstić information content (AvgIpc) is 0.960. The molecule has 8 aromatic carbocycles. The first-order chi connectivity index (χ1) is 41.8. The Kier molecular flexibility index (Phi) is 18.7. The highest BCUT2D eigenvalue weighted by Crippen LogP contribution is 2.47. The molecule has 0 atom stereocenters. The van der Waals surface area contributed by atoms with Crippen molar-refractivity contribution in [3.63, 3.8) is 0 Å². The van der Waals surface area contributed by atoms with E-state index >= 15 is 70.2 Å². The summed E-state index contributed by atoms with van der Waals surface area (Å²) in [5.41, 5.74) is -12.5. The Balaban J connectivity index is 1.53. The fourth-order valence-corrected chi connectivity index (χ4v) is 10.5. The topological polar surface area (TPSA) is 36.9 Å². The first-order valence-corrected chi connectivity index (χ1v) is 27.0. The van der Waals surface area contributed by atoms with E-state index in [9.17, 15) is 17.6 Å². The zero-order valence-corrected chi connectivity index (χ0v) is 46.3. The van der Waals surface area contributed by atoms with Crippen molar-refractivity contribution in [1.29, 1.82) is 0 Å². The molecular weight excluding hydrogens is 1210 g/mol. The largest absolute Gasteiger partial charge is 0.493 e. The van der Waals surface area contributed by atoms with E-state index in [0.29, 0.717) is 0 Å². The highest BCUT2D eigenvalue weighted by atomic mass is 19.2. The molecule has 4 nitrogen and oxygen atoms in total. The Bertz CT molecular complexity index is 3390. The molecule has 0 heterocycles. The fourth-order valence-electron chi connectivity index (χ4n) is 10.5. The third kappa shape index (κ3) is 11.4. The molecule has 0 aliphatic heterocycles. The SMILES string of the molecule is CCCOc1c2cc(-c3c(F)c(F)c(F)c(F)c3F)cc1Cc1cc(-c3c(F)c(F)c(F)c(F)c3F)cc(c1OCCC)Cc1cc(-c3c(F)c(F)c(F)c(F)c3F)cc(c1OCCC)Cc1cc(-c3c(F)c(F)c(F)c(F)c3F)cc(c1OCCC)C2. The predicted molar refractivity (Wildman–Crippen MR) is 281 cm³/mol. The van der Waals surface area contributed by atoms with Gasteiger partial charge >= 0.3 is 0 Å². The number of rotatable bonds is 16. The van der Waals surface area contributed by atoms with Gasteiger partial charge in [-0.25, -0.2) is 87.8 Å². The number of benzene rings is 8. The molecule has 0 spiro atoms. The van der Waals surface area contributed by atoms with Crippen LogP contribution in [0.5, 0.6) is 23.0 Å². The summed E-state index contributed by atoms with van der Waals surface area (Å²) in [4.78, 5) is 0. The monoisotopic (exact) mass is 1260 g/mol. The van der Waals surface area contributed by atoms with Gasteiger partial charge in [0.25, 0.3) is 0 Å². The Morgan fingerprint density at radius 3 is 0.466 bits per heavy atom. The molecule has 0 saturated carbocycles. The number of hydrogen-bond donors (Lipinski definition) is 0. The maximum Gasteiger partial charge on any atom is 0.200 e. The van der Waals surface area contributed by atoms with E-state index in [1.54, 1.807) is 27.7 Å². The summed E-state index contributed by atoms with van der Waals surface area (Å²) in [7, 11) is 0. The Morgan fingerprint density at radius 2 is 0.341 bits per heavy atom. The summed E-state index contributed by atoms with van der Waals surface area (Å²) in [6, 6.07) is 6.82. The van der Waals surface area contributed by atoms with Crippen molar-refractivity contribution in [3.05, 3.63) is 209 Å². The zero-order valence-electron chi connectivity index (χ0n) is 46.3. The van der Waals surface area contributed by atoms with Crippen molar-refractivity contribution in [2.24, 2.45) is 0 Å². The van der Waals surface area contributed by atoms with Crippen molar-refractivity contribution < 1.29 is 107 Å². The summed E-state index contributed by atoms with van der Waals surface area (Å²) in [5, 5.41) is 0. The summed E-state index contributed by atoms with van der Waals surface area (Å²) in [5.74, 6) is -50.3. The van der Waals surface area contributed by atoms with Crippen LogP contribution in [0.3, 0.4) is 0 Å². The maximum atomic E-state index is 16.2. The van der Waals surface area contributed by atoms with Crippen LogP contribution in [0.4, 0.5) is 87.8 Å². The molecule has 24 heteroatoms. The molecule has 0 unspecified atom stereocenters. The molecule has 0 fully saturated rings.